The lowest BCUT2D eigenvalue weighted by Gasteiger charge is -2.27. The van der Waals surface area contributed by atoms with Crippen LogP contribution in [0.1, 0.15) is 23.7 Å². The first-order valence-corrected chi connectivity index (χ1v) is 5.67. The minimum Gasteiger partial charge on any atom is -0.467 e. The average molecular weight is 236 g/mol. The van der Waals surface area contributed by atoms with Crippen LogP contribution in [-0.2, 0) is 20.7 Å². The van der Waals surface area contributed by atoms with E-state index < -0.39 is 12.1 Å². The summed E-state index contributed by atoms with van der Waals surface area (Å²) in [5, 5.41) is 9.64. The van der Waals surface area contributed by atoms with Crippen molar-refractivity contribution in [2.75, 3.05) is 13.7 Å². The molecule has 0 fully saturated rings. The second-order valence-electron chi connectivity index (χ2n) is 4.08. The molecule has 0 spiro atoms. The summed E-state index contributed by atoms with van der Waals surface area (Å²) in [6, 6.07) is 7.95. The zero-order valence-corrected chi connectivity index (χ0v) is 9.76. The van der Waals surface area contributed by atoms with Crippen molar-refractivity contribution in [3.05, 3.63) is 35.4 Å². The fourth-order valence-electron chi connectivity index (χ4n) is 2.11. The van der Waals surface area contributed by atoms with Crippen molar-refractivity contribution >= 4 is 5.97 Å². The van der Waals surface area contributed by atoms with Crippen molar-refractivity contribution in [1.82, 2.24) is 0 Å². The molecule has 0 aliphatic carbocycles. The van der Waals surface area contributed by atoms with E-state index in [0.29, 0.717) is 6.61 Å². The molecular formula is C13H16O4. The molecule has 1 heterocycles. The monoisotopic (exact) mass is 236 g/mol. The molecule has 0 bridgehead atoms. The van der Waals surface area contributed by atoms with E-state index in [1.807, 2.05) is 18.2 Å². The Kier molecular flexibility index (Phi) is 3.76. The van der Waals surface area contributed by atoms with Crippen LogP contribution in [0.4, 0.5) is 0 Å². The van der Waals surface area contributed by atoms with E-state index in [9.17, 15) is 9.90 Å². The van der Waals surface area contributed by atoms with Crippen LogP contribution in [0.3, 0.4) is 0 Å². The molecule has 4 heteroatoms. The average Bonchev–Trinajstić information content (AvgIpc) is 2.38. The van der Waals surface area contributed by atoms with Crippen LogP contribution in [0.25, 0.3) is 0 Å². The predicted octanol–water partition coefficient (Wildman–Crippen LogP) is 1.22. The van der Waals surface area contributed by atoms with Gasteiger partial charge in [0.25, 0.3) is 0 Å². The lowest BCUT2D eigenvalue weighted by atomic mass is 9.94. The van der Waals surface area contributed by atoms with Crippen molar-refractivity contribution < 1.29 is 19.4 Å². The Hall–Kier alpha value is -1.39. The number of hydrogen-bond acceptors (Lipinski definition) is 4. The molecule has 0 saturated carbocycles. The lowest BCUT2D eigenvalue weighted by Crippen LogP contribution is -2.27. The first-order chi connectivity index (χ1) is 8.22. The quantitative estimate of drug-likeness (QED) is 0.802. The summed E-state index contributed by atoms with van der Waals surface area (Å²) < 4.78 is 10.1. The predicted molar refractivity (Wildman–Crippen MR) is 61.5 cm³/mol. The highest BCUT2D eigenvalue weighted by molar-refractivity contribution is 5.74. The second kappa shape index (κ2) is 5.29. The summed E-state index contributed by atoms with van der Waals surface area (Å²) in [7, 11) is 1.27. The van der Waals surface area contributed by atoms with E-state index in [-0.39, 0.29) is 12.5 Å². The van der Waals surface area contributed by atoms with Crippen LogP contribution >= 0.6 is 0 Å². The summed E-state index contributed by atoms with van der Waals surface area (Å²) in [6.07, 6.45) is -0.241. The Morgan fingerprint density at radius 3 is 3.12 bits per heavy atom. The maximum Gasteiger partial charge on any atom is 0.334 e. The molecule has 17 heavy (non-hydrogen) atoms. The Bertz CT molecular complexity index is 402. The van der Waals surface area contributed by atoms with Crippen LogP contribution in [0.5, 0.6) is 0 Å². The molecule has 2 rings (SSSR count). The Morgan fingerprint density at radius 2 is 2.35 bits per heavy atom. The molecule has 0 radical (unpaired) electrons. The number of benzene rings is 1. The number of hydrogen-bond donors (Lipinski definition) is 1. The van der Waals surface area contributed by atoms with Gasteiger partial charge in [-0.3, -0.25) is 0 Å². The number of rotatable bonds is 3. The molecule has 2 unspecified atom stereocenters. The van der Waals surface area contributed by atoms with Crippen LogP contribution in [0.15, 0.2) is 24.3 Å². The molecule has 1 aromatic carbocycles. The third-order valence-electron chi connectivity index (χ3n) is 3.00. The lowest BCUT2D eigenvalue weighted by molar-refractivity contribution is -0.152. The topological polar surface area (TPSA) is 55.8 Å². The minimum absolute atomic E-state index is 0.228. The van der Waals surface area contributed by atoms with E-state index in [2.05, 4.69) is 10.8 Å². The van der Waals surface area contributed by atoms with Gasteiger partial charge in [0, 0.05) is 6.42 Å². The van der Waals surface area contributed by atoms with Gasteiger partial charge in [-0.2, -0.15) is 0 Å². The Labute approximate surface area is 100 Å². The summed E-state index contributed by atoms with van der Waals surface area (Å²) >= 11 is 0. The van der Waals surface area contributed by atoms with Gasteiger partial charge in [0.2, 0.25) is 0 Å². The van der Waals surface area contributed by atoms with Crippen molar-refractivity contribution in [2.45, 2.75) is 25.0 Å². The second-order valence-corrected chi connectivity index (χ2v) is 4.08. The number of ether oxygens (including phenoxy) is 2. The highest BCUT2D eigenvalue weighted by Gasteiger charge is 2.26. The highest BCUT2D eigenvalue weighted by atomic mass is 16.5. The van der Waals surface area contributed by atoms with E-state index in [1.54, 1.807) is 0 Å². The smallest absolute Gasteiger partial charge is 0.334 e. The molecular weight excluding hydrogens is 220 g/mol. The normalized spacial score (nSPS) is 20.5. The number of fused-ring (bicyclic) bond motifs is 1. The van der Waals surface area contributed by atoms with Gasteiger partial charge in [0.1, 0.15) is 0 Å². The zero-order valence-electron chi connectivity index (χ0n) is 9.76. The largest absolute Gasteiger partial charge is 0.467 e. The molecule has 0 amide bonds. The first kappa shape index (κ1) is 12.1. The molecule has 4 nitrogen and oxygen atoms in total. The van der Waals surface area contributed by atoms with Crippen LogP contribution in [-0.4, -0.2) is 30.9 Å². The van der Waals surface area contributed by atoms with Crippen molar-refractivity contribution in [3.8, 4) is 0 Å². The van der Waals surface area contributed by atoms with E-state index >= 15 is 0 Å². The summed E-state index contributed by atoms with van der Waals surface area (Å²) in [5.41, 5.74) is 2.28. The highest BCUT2D eigenvalue weighted by Crippen LogP contribution is 2.30. The molecule has 1 aliphatic rings. The Morgan fingerprint density at radius 1 is 1.59 bits per heavy atom. The van der Waals surface area contributed by atoms with Gasteiger partial charge in [-0.15, -0.1) is 0 Å². The SMILES string of the molecule is COC(=O)C(O)CC1OCCc2ccccc21. The van der Waals surface area contributed by atoms with Crippen LogP contribution in [0, 0.1) is 0 Å². The van der Waals surface area contributed by atoms with Gasteiger partial charge >= 0.3 is 5.97 Å². The molecule has 1 aliphatic heterocycles. The van der Waals surface area contributed by atoms with Gasteiger partial charge in [-0.1, -0.05) is 24.3 Å². The summed E-state index contributed by atoms with van der Waals surface area (Å²) in [6.45, 7) is 0.621. The standard InChI is InChI=1S/C13H16O4/c1-16-13(15)11(14)8-12-10-5-3-2-4-9(10)6-7-17-12/h2-5,11-12,14H,6-8H2,1H3. The number of carbonyl (C=O) groups excluding carboxylic acids is 1. The van der Waals surface area contributed by atoms with Crippen molar-refractivity contribution in [3.63, 3.8) is 0 Å². The van der Waals surface area contributed by atoms with E-state index in [0.717, 1.165) is 12.0 Å². The minimum atomic E-state index is -1.13. The van der Waals surface area contributed by atoms with Gasteiger partial charge in [0.15, 0.2) is 6.10 Å². The molecule has 1 N–H and O–H groups in total. The van der Waals surface area contributed by atoms with Crippen molar-refractivity contribution in [1.29, 1.82) is 0 Å². The maximum absolute atomic E-state index is 11.2. The Balaban J connectivity index is 2.11. The maximum atomic E-state index is 11.2. The molecule has 1 aromatic rings. The third kappa shape index (κ3) is 2.65. The number of aliphatic hydroxyl groups is 1. The number of esters is 1. The summed E-state index contributed by atoms with van der Waals surface area (Å²) in [5.74, 6) is -0.614. The van der Waals surface area contributed by atoms with Gasteiger partial charge in [-0.05, 0) is 17.5 Å². The van der Waals surface area contributed by atoms with Crippen LogP contribution in [0.2, 0.25) is 0 Å². The fourth-order valence-corrected chi connectivity index (χ4v) is 2.11. The first-order valence-electron chi connectivity index (χ1n) is 5.67. The van der Waals surface area contributed by atoms with E-state index in [4.69, 9.17) is 4.74 Å². The van der Waals surface area contributed by atoms with Gasteiger partial charge < -0.3 is 14.6 Å². The van der Waals surface area contributed by atoms with Crippen molar-refractivity contribution in [2.24, 2.45) is 0 Å². The molecule has 0 aromatic heterocycles. The third-order valence-corrected chi connectivity index (χ3v) is 3.00. The number of aliphatic hydroxyl groups excluding tert-OH is 1. The molecule has 0 saturated heterocycles. The van der Waals surface area contributed by atoms with E-state index in [1.165, 1.54) is 12.7 Å². The summed E-state index contributed by atoms with van der Waals surface area (Å²) in [4.78, 5) is 11.2. The number of methoxy groups -OCH3 is 1. The molecule has 92 valence electrons. The molecule has 2 atom stereocenters. The fraction of sp³-hybridized carbons (Fsp3) is 0.462. The van der Waals surface area contributed by atoms with Gasteiger partial charge in [0.05, 0.1) is 19.8 Å². The van der Waals surface area contributed by atoms with Crippen LogP contribution < -0.4 is 0 Å². The zero-order chi connectivity index (χ0) is 12.3. The number of carbonyl (C=O) groups is 1. The van der Waals surface area contributed by atoms with Gasteiger partial charge in [-0.25, -0.2) is 4.79 Å².